The van der Waals surface area contributed by atoms with Crippen LogP contribution < -0.4 is 0 Å². The minimum Gasteiger partial charge on any atom is -0.459 e. The summed E-state index contributed by atoms with van der Waals surface area (Å²) >= 11 is 0. The van der Waals surface area contributed by atoms with Crippen LogP contribution >= 0.6 is 0 Å². The number of carbonyl (C=O) groups excluding carboxylic acids is 1. The smallest absolute Gasteiger partial charge is 0.303 e. The van der Waals surface area contributed by atoms with Crippen molar-refractivity contribution in [2.24, 2.45) is 0 Å². The highest BCUT2D eigenvalue weighted by Crippen LogP contribution is 2.38. The van der Waals surface area contributed by atoms with Crippen LogP contribution in [0.15, 0.2) is 55.1 Å². The highest BCUT2D eigenvalue weighted by atomic mass is 16.6. The molecule has 3 aliphatic rings. The van der Waals surface area contributed by atoms with Crippen molar-refractivity contribution in [1.82, 2.24) is 0 Å². The Morgan fingerprint density at radius 2 is 2.00 bits per heavy atom. The average Bonchev–Trinajstić information content (AvgIpc) is 2.96. The summed E-state index contributed by atoms with van der Waals surface area (Å²) in [6, 6.07) is 10.0. The van der Waals surface area contributed by atoms with Crippen LogP contribution in [-0.2, 0) is 35.1 Å². The van der Waals surface area contributed by atoms with E-state index in [0.717, 1.165) is 12.0 Å². The Morgan fingerprint density at radius 1 is 1.17 bits per heavy atom. The second kappa shape index (κ2) is 9.22. The number of fused-ring (bicyclic) bond motifs is 2. The molecule has 6 nitrogen and oxygen atoms in total. The van der Waals surface area contributed by atoms with Gasteiger partial charge in [-0.3, -0.25) is 4.79 Å². The van der Waals surface area contributed by atoms with Crippen LogP contribution in [0.4, 0.5) is 0 Å². The Hall–Kier alpha value is -1.99. The number of esters is 1. The molecule has 0 N–H and O–H groups in total. The van der Waals surface area contributed by atoms with Crippen molar-refractivity contribution in [2.45, 2.75) is 69.1 Å². The Balaban J connectivity index is 1.55. The first-order valence-electron chi connectivity index (χ1n) is 10.2. The van der Waals surface area contributed by atoms with Crippen molar-refractivity contribution in [3.8, 4) is 0 Å². The highest BCUT2D eigenvalue weighted by molar-refractivity contribution is 5.66. The molecule has 7 atom stereocenters. The lowest BCUT2D eigenvalue weighted by atomic mass is 9.87. The maximum Gasteiger partial charge on any atom is 0.303 e. The molecule has 0 amide bonds. The Morgan fingerprint density at radius 3 is 2.76 bits per heavy atom. The van der Waals surface area contributed by atoms with E-state index < -0.39 is 12.2 Å². The number of rotatable bonds is 5. The lowest BCUT2D eigenvalue weighted by Crippen LogP contribution is -2.64. The largest absolute Gasteiger partial charge is 0.459 e. The minimum absolute atomic E-state index is 0.127. The van der Waals surface area contributed by atoms with Gasteiger partial charge < -0.3 is 23.7 Å². The van der Waals surface area contributed by atoms with Gasteiger partial charge in [-0.15, -0.1) is 6.58 Å². The van der Waals surface area contributed by atoms with E-state index in [9.17, 15) is 4.79 Å². The van der Waals surface area contributed by atoms with Crippen molar-refractivity contribution in [3.63, 3.8) is 0 Å². The van der Waals surface area contributed by atoms with E-state index in [1.807, 2.05) is 36.4 Å². The van der Waals surface area contributed by atoms with Crippen LogP contribution in [0, 0.1) is 0 Å². The molecule has 0 bridgehead atoms. The van der Waals surface area contributed by atoms with Crippen molar-refractivity contribution in [3.05, 3.63) is 60.7 Å². The number of ether oxygens (including phenoxy) is 5. The molecule has 29 heavy (non-hydrogen) atoms. The zero-order valence-electron chi connectivity index (χ0n) is 16.6. The SMILES string of the molecule is C=C[C@H]1O[C@H]2[C@H](OCc3ccccc3)[C@H]3OCC=CC[C@@H]3O[C@@H]2C[C@@H]1OC(C)=O. The summed E-state index contributed by atoms with van der Waals surface area (Å²) in [4.78, 5) is 11.5. The summed E-state index contributed by atoms with van der Waals surface area (Å²) < 4.78 is 30.6. The topological polar surface area (TPSA) is 63.2 Å². The third-order valence-corrected chi connectivity index (χ3v) is 5.63. The van der Waals surface area contributed by atoms with Gasteiger partial charge in [0.2, 0.25) is 0 Å². The molecule has 1 aromatic rings. The standard InChI is InChI=1S/C23H28O6/c1-3-17-19(27-15(2)24)13-20-22(29-17)23(26-14-16-9-5-4-6-10-16)21-18(28-20)11-7-8-12-25-21/h3-10,17-23H,1,11-14H2,2H3/t17-,18+,19+,20-,21+,22-,23-/m1/s1. The summed E-state index contributed by atoms with van der Waals surface area (Å²) in [5, 5.41) is 0. The Bertz CT molecular complexity index is 732. The molecule has 6 heteroatoms. The fourth-order valence-electron chi connectivity index (χ4n) is 4.33. The Labute approximate surface area is 171 Å². The van der Waals surface area contributed by atoms with Gasteiger partial charge in [0, 0.05) is 13.3 Å². The van der Waals surface area contributed by atoms with Crippen LogP contribution in [-0.4, -0.2) is 55.3 Å². The van der Waals surface area contributed by atoms with Crippen LogP contribution in [0.5, 0.6) is 0 Å². The molecule has 0 unspecified atom stereocenters. The molecule has 1 aromatic carbocycles. The molecule has 0 saturated carbocycles. The van der Waals surface area contributed by atoms with E-state index >= 15 is 0 Å². The summed E-state index contributed by atoms with van der Waals surface area (Å²) in [7, 11) is 0. The van der Waals surface area contributed by atoms with E-state index in [0.29, 0.717) is 19.6 Å². The molecule has 156 valence electrons. The molecule has 2 fully saturated rings. The summed E-state index contributed by atoms with van der Waals surface area (Å²) in [5.41, 5.74) is 1.09. The summed E-state index contributed by atoms with van der Waals surface area (Å²) in [6.45, 7) is 6.24. The molecular formula is C23H28O6. The minimum atomic E-state index is -0.417. The monoisotopic (exact) mass is 400 g/mol. The lowest BCUT2D eigenvalue weighted by Gasteiger charge is -2.50. The van der Waals surface area contributed by atoms with Gasteiger partial charge in [0.15, 0.2) is 0 Å². The molecule has 4 rings (SSSR count). The second-order valence-electron chi connectivity index (χ2n) is 7.66. The molecule has 0 spiro atoms. The van der Waals surface area contributed by atoms with Gasteiger partial charge in [0.1, 0.15) is 30.5 Å². The van der Waals surface area contributed by atoms with Gasteiger partial charge in [-0.25, -0.2) is 0 Å². The summed E-state index contributed by atoms with van der Waals surface area (Å²) in [5.74, 6) is -0.338. The zero-order valence-corrected chi connectivity index (χ0v) is 16.6. The number of benzene rings is 1. The molecule has 0 radical (unpaired) electrons. The fraction of sp³-hybridized carbons (Fsp3) is 0.522. The van der Waals surface area contributed by atoms with E-state index in [2.05, 4.69) is 12.7 Å². The first kappa shape index (κ1) is 20.3. The second-order valence-corrected chi connectivity index (χ2v) is 7.66. The van der Waals surface area contributed by atoms with Gasteiger partial charge in [0.05, 0.1) is 25.4 Å². The van der Waals surface area contributed by atoms with Gasteiger partial charge in [-0.2, -0.15) is 0 Å². The van der Waals surface area contributed by atoms with Crippen molar-refractivity contribution in [2.75, 3.05) is 6.61 Å². The van der Waals surface area contributed by atoms with E-state index in [-0.39, 0.29) is 36.5 Å². The van der Waals surface area contributed by atoms with Crippen LogP contribution in [0.2, 0.25) is 0 Å². The Kier molecular flexibility index (Phi) is 6.45. The van der Waals surface area contributed by atoms with Gasteiger partial charge in [-0.05, 0) is 12.0 Å². The lowest BCUT2D eigenvalue weighted by molar-refractivity contribution is -0.290. The van der Waals surface area contributed by atoms with E-state index in [1.54, 1.807) is 6.08 Å². The van der Waals surface area contributed by atoms with E-state index in [4.69, 9.17) is 23.7 Å². The van der Waals surface area contributed by atoms with Crippen LogP contribution in [0.3, 0.4) is 0 Å². The number of carbonyl (C=O) groups is 1. The van der Waals surface area contributed by atoms with Gasteiger partial charge >= 0.3 is 5.97 Å². The van der Waals surface area contributed by atoms with Gasteiger partial charge in [0.25, 0.3) is 0 Å². The van der Waals surface area contributed by atoms with Crippen molar-refractivity contribution in [1.29, 1.82) is 0 Å². The van der Waals surface area contributed by atoms with E-state index in [1.165, 1.54) is 6.92 Å². The predicted molar refractivity (Wildman–Crippen MR) is 106 cm³/mol. The molecule has 3 aliphatic heterocycles. The molecule has 0 aliphatic carbocycles. The van der Waals surface area contributed by atoms with Crippen LogP contribution in [0.1, 0.15) is 25.3 Å². The molecule has 0 aromatic heterocycles. The first-order chi connectivity index (χ1) is 14.2. The maximum atomic E-state index is 11.5. The average molecular weight is 400 g/mol. The highest BCUT2D eigenvalue weighted by Gasteiger charge is 2.52. The predicted octanol–water partition coefficient (Wildman–Crippen LogP) is 2.96. The normalized spacial score (nSPS) is 36.4. The van der Waals surface area contributed by atoms with Crippen LogP contribution in [0.25, 0.3) is 0 Å². The van der Waals surface area contributed by atoms with Crippen molar-refractivity contribution < 1.29 is 28.5 Å². The third kappa shape index (κ3) is 4.61. The summed E-state index contributed by atoms with van der Waals surface area (Å²) in [6.07, 6.45) is 5.02. The number of hydrogen-bond acceptors (Lipinski definition) is 6. The first-order valence-corrected chi connectivity index (χ1v) is 10.2. The third-order valence-electron chi connectivity index (χ3n) is 5.63. The maximum absolute atomic E-state index is 11.5. The quantitative estimate of drug-likeness (QED) is 0.559. The number of hydrogen-bond donors (Lipinski definition) is 0. The molecular weight excluding hydrogens is 372 g/mol. The molecule has 3 heterocycles. The molecule has 2 saturated heterocycles. The zero-order chi connectivity index (χ0) is 20.2. The van der Waals surface area contributed by atoms with Crippen molar-refractivity contribution >= 4 is 5.97 Å². The van der Waals surface area contributed by atoms with Gasteiger partial charge in [-0.1, -0.05) is 48.6 Å². The fourth-order valence-corrected chi connectivity index (χ4v) is 4.33.